The second kappa shape index (κ2) is 7.58. The monoisotopic (exact) mass is 303 g/mol. The lowest BCUT2D eigenvalue weighted by molar-refractivity contribution is 0.0964. The van der Waals surface area contributed by atoms with Crippen LogP contribution >= 0.6 is 15.9 Å². The highest BCUT2D eigenvalue weighted by Crippen LogP contribution is 2.18. The standard InChI is InChI=1S/C11H18BrN3O2/c1-17-7-6-15-11(9(12)8-14-15)10(16)4-2-3-5-13/h8H,2-7,13H2,1H3. The van der Waals surface area contributed by atoms with Crippen molar-refractivity contribution in [2.45, 2.75) is 25.8 Å². The van der Waals surface area contributed by atoms with E-state index in [1.165, 1.54) is 0 Å². The van der Waals surface area contributed by atoms with Crippen LogP contribution < -0.4 is 5.73 Å². The van der Waals surface area contributed by atoms with Gasteiger partial charge in [-0.3, -0.25) is 9.48 Å². The van der Waals surface area contributed by atoms with Crippen molar-refractivity contribution in [2.75, 3.05) is 20.3 Å². The van der Waals surface area contributed by atoms with Crippen molar-refractivity contribution in [1.82, 2.24) is 9.78 Å². The Hall–Kier alpha value is -0.720. The third kappa shape index (κ3) is 4.22. The van der Waals surface area contributed by atoms with Crippen LogP contribution in [0.5, 0.6) is 0 Å². The van der Waals surface area contributed by atoms with E-state index in [9.17, 15) is 4.79 Å². The Morgan fingerprint density at radius 2 is 2.35 bits per heavy atom. The number of aromatic nitrogens is 2. The second-order valence-corrected chi connectivity index (χ2v) is 4.58. The molecule has 0 saturated carbocycles. The van der Waals surface area contributed by atoms with E-state index in [0.717, 1.165) is 17.3 Å². The van der Waals surface area contributed by atoms with E-state index in [-0.39, 0.29) is 5.78 Å². The summed E-state index contributed by atoms with van der Waals surface area (Å²) in [5, 5.41) is 4.15. The van der Waals surface area contributed by atoms with E-state index in [2.05, 4.69) is 21.0 Å². The van der Waals surface area contributed by atoms with Gasteiger partial charge >= 0.3 is 0 Å². The fraction of sp³-hybridized carbons (Fsp3) is 0.636. The third-order valence-corrected chi connectivity index (χ3v) is 3.00. The first-order valence-electron chi connectivity index (χ1n) is 5.64. The molecule has 5 nitrogen and oxygen atoms in total. The average Bonchev–Trinajstić information content (AvgIpc) is 2.68. The topological polar surface area (TPSA) is 70.1 Å². The number of unbranched alkanes of at least 4 members (excludes halogenated alkanes) is 1. The van der Waals surface area contributed by atoms with E-state index in [0.29, 0.717) is 31.8 Å². The molecule has 0 saturated heterocycles. The fourth-order valence-corrected chi connectivity index (χ4v) is 2.05. The van der Waals surface area contributed by atoms with Crippen molar-refractivity contribution in [3.63, 3.8) is 0 Å². The van der Waals surface area contributed by atoms with Gasteiger partial charge in [0.2, 0.25) is 0 Å². The van der Waals surface area contributed by atoms with Gasteiger partial charge in [0.15, 0.2) is 5.78 Å². The van der Waals surface area contributed by atoms with Crippen LogP contribution in [0.3, 0.4) is 0 Å². The second-order valence-electron chi connectivity index (χ2n) is 3.73. The predicted molar refractivity (Wildman–Crippen MR) is 69.0 cm³/mol. The zero-order valence-electron chi connectivity index (χ0n) is 9.99. The molecule has 96 valence electrons. The van der Waals surface area contributed by atoms with Gasteiger partial charge in [-0.2, -0.15) is 5.10 Å². The molecule has 1 rings (SSSR count). The Morgan fingerprint density at radius 1 is 1.59 bits per heavy atom. The first-order valence-corrected chi connectivity index (χ1v) is 6.43. The van der Waals surface area contributed by atoms with Crippen LogP contribution in [0.15, 0.2) is 10.7 Å². The molecule has 0 bridgehead atoms. The Morgan fingerprint density at radius 3 is 3.00 bits per heavy atom. The number of hydrogen-bond acceptors (Lipinski definition) is 4. The number of ether oxygens (including phenoxy) is 1. The Labute approximate surface area is 109 Å². The molecule has 1 aromatic heterocycles. The van der Waals surface area contributed by atoms with Crippen molar-refractivity contribution in [1.29, 1.82) is 0 Å². The summed E-state index contributed by atoms with van der Waals surface area (Å²) in [5.74, 6) is 0.0962. The quantitative estimate of drug-likeness (QED) is 0.585. The number of hydrogen-bond donors (Lipinski definition) is 1. The first-order chi connectivity index (χ1) is 8.20. The molecular formula is C11H18BrN3O2. The maximum atomic E-state index is 12.0. The van der Waals surface area contributed by atoms with Crippen molar-refractivity contribution in [2.24, 2.45) is 5.73 Å². The van der Waals surface area contributed by atoms with Crippen molar-refractivity contribution >= 4 is 21.7 Å². The summed E-state index contributed by atoms with van der Waals surface area (Å²) in [6.45, 7) is 1.74. The van der Waals surface area contributed by atoms with Gasteiger partial charge in [-0.05, 0) is 35.3 Å². The van der Waals surface area contributed by atoms with Gasteiger partial charge in [0.05, 0.1) is 23.8 Å². The predicted octanol–water partition coefficient (Wildman–Crippen LogP) is 1.60. The molecule has 17 heavy (non-hydrogen) atoms. The van der Waals surface area contributed by atoms with Crippen LogP contribution in [-0.2, 0) is 11.3 Å². The van der Waals surface area contributed by atoms with Crippen LogP contribution in [0, 0.1) is 0 Å². The van der Waals surface area contributed by atoms with E-state index >= 15 is 0 Å². The summed E-state index contributed by atoms with van der Waals surface area (Å²) in [6, 6.07) is 0. The van der Waals surface area contributed by atoms with Gasteiger partial charge < -0.3 is 10.5 Å². The Kier molecular flexibility index (Phi) is 6.39. The number of nitrogens with zero attached hydrogens (tertiary/aromatic N) is 2. The van der Waals surface area contributed by atoms with Gasteiger partial charge in [-0.25, -0.2) is 0 Å². The molecule has 0 radical (unpaired) electrons. The molecule has 0 spiro atoms. The van der Waals surface area contributed by atoms with Crippen LogP contribution in [0.2, 0.25) is 0 Å². The molecule has 0 aliphatic heterocycles. The number of ketones is 1. The summed E-state index contributed by atoms with van der Waals surface area (Å²) >= 11 is 3.35. The first kappa shape index (κ1) is 14.3. The Bertz CT molecular complexity index is 366. The minimum atomic E-state index is 0.0962. The number of halogens is 1. The van der Waals surface area contributed by atoms with Gasteiger partial charge in [0.25, 0.3) is 0 Å². The van der Waals surface area contributed by atoms with Crippen molar-refractivity contribution in [3.8, 4) is 0 Å². The van der Waals surface area contributed by atoms with Crippen LogP contribution in [0.25, 0.3) is 0 Å². The van der Waals surface area contributed by atoms with Crippen molar-refractivity contribution in [3.05, 3.63) is 16.4 Å². The molecule has 0 aliphatic carbocycles. The highest BCUT2D eigenvalue weighted by atomic mass is 79.9. The molecule has 0 fully saturated rings. The number of carbonyl (C=O) groups is 1. The molecule has 0 aliphatic rings. The van der Waals surface area contributed by atoms with Gasteiger partial charge in [0, 0.05) is 13.5 Å². The largest absolute Gasteiger partial charge is 0.383 e. The zero-order chi connectivity index (χ0) is 12.7. The number of carbonyl (C=O) groups excluding carboxylic acids is 1. The number of rotatable bonds is 8. The van der Waals surface area contributed by atoms with Gasteiger partial charge in [0.1, 0.15) is 5.69 Å². The van der Waals surface area contributed by atoms with Crippen LogP contribution in [0.1, 0.15) is 29.8 Å². The lowest BCUT2D eigenvalue weighted by atomic mass is 10.1. The lowest BCUT2D eigenvalue weighted by Crippen LogP contribution is -2.14. The summed E-state index contributed by atoms with van der Waals surface area (Å²) in [6.07, 6.45) is 3.84. The smallest absolute Gasteiger partial charge is 0.182 e. The highest BCUT2D eigenvalue weighted by Gasteiger charge is 2.16. The molecule has 0 atom stereocenters. The average molecular weight is 304 g/mol. The lowest BCUT2D eigenvalue weighted by Gasteiger charge is -2.06. The molecule has 0 amide bonds. The minimum Gasteiger partial charge on any atom is -0.383 e. The number of nitrogens with two attached hydrogens (primary N) is 1. The third-order valence-electron chi connectivity index (χ3n) is 2.42. The number of methoxy groups -OCH3 is 1. The SMILES string of the molecule is COCCn1ncc(Br)c1C(=O)CCCCN. The maximum absolute atomic E-state index is 12.0. The molecule has 0 unspecified atom stereocenters. The van der Waals surface area contributed by atoms with Crippen LogP contribution in [-0.4, -0.2) is 35.8 Å². The van der Waals surface area contributed by atoms with Crippen molar-refractivity contribution < 1.29 is 9.53 Å². The van der Waals surface area contributed by atoms with Gasteiger partial charge in [-0.1, -0.05) is 0 Å². The highest BCUT2D eigenvalue weighted by molar-refractivity contribution is 9.10. The Balaban J connectivity index is 2.66. The molecule has 1 heterocycles. The summed E-state index contributed by atoms with van der Waals surface area (Å²) in [7, 11) is 1.63. The summed E-state index contributed by atoms with van der Waals surface area (Å²) < 4.78 is 7.41. The van der Waals surface area contributed by atoms with E-state index in [4.69, 9.17) is 10.5 Å². The summed E-state index contributed by atoms with van der Waals surface area (Å²) in [5.41, 5.74) is 6.03. The van der Waals surface area contributed by atoms with Crippen LogP contribution in [0.4, 0.5) is 0 Å². The molecule has 1 aromatic rings. The normalized spacial score (nSPS) is 10.8. The molecule has 6 heteroatoms. The minimum absolute atomic E-state index is 0.0962. The van der Waals surface area contributed by atoms with Gasteiger partial charge in [-0.15, -0.1) is 0 Å². The maximum Gasteiger partial charge on any atom is 0.182 e. The molecular weight excluding hydrogens is 286 g/mol. The van der Waals surface area contributed by atoms with E-state index in [1.54, 1.807) is 18.0 Å². The molecule has 0 aromatic carbocycles. The number of Topliss-reactive ketones (excluding diaryl/α,β-unsaturated/α-hetero) is 1. The molecule has 2 N–H and O–H groups in total. The zero-order valence-corrected chi connectivity index (χ0v) is 11.6. The van der Waals surface area contributed by atoms with E-state index < -0.39 is 0 Å². The fourth-order valence-electron chi connectivity index (χ4n) is 1.54. The summed E-state index contributed by atoms with van der Waals surface area (Å²) in [4.78, 5) is 12.0. The van der Waals surface area contributed by atoms with E-state index in [1.807, 2.05) is 0 Å².